The van der Waals surface area contributed by atoms with Crippen molar-refractivity contribution in [2.75, 3.05) is 13.7 Å². The van der Waals surface area contributed by atoms with Gasteiger partial charge in [0.05, 0.1) is 11.4 Å². The van der Waals surface area contributed by atoms with Crippen LogP contribution >= 0.6 is 54.5 Å². The van der Waals surface area contributed by atoms with Crippen LogP contribution in [0.5, 0.6) is 0 Å². The highest BCUT2D eigenvalue weighted by atomic mass is 127. The van der Waals surface area contributed by atoms with Crippen molar-refractivity contribution in [1.29, 1.82) is 0 Å². The molecule has 0 N–H and O–H groups in total. The predicted molar refractivity (Wildman–Crippen MR) is 99.7 cm³/mol. The van der Waals surface area contributed by atoms with E-state index >= 15 is 0 Å². The van der Waals surface area contributed by atoms with Crippen LogP contribution < -0.4 is 0 Å². The highest BCUT2D eigenvalue weighted by molar-refractivity contribution is 14.1. The van der Waals surface area contributed by atoms with Gasteiger partial charge in [-0.3, -0.25) is 0 Å². The Kier molecular flexibility index (Phi) is 6.52. The Morgan fingerprint density at radius 3 is 2.50 bits per heavy atom. The lowest BCUT2D eigenvalue weighted by Gasteiger charge is -2.14. The molecule has 0 aliphatic carbocycles. The Balaban J connectivity index is 2.20. The fourth-order valence-corrected chi connectivity index (χ4v) is 4.10. The molecule has 1 unspecified atom stereocenters. The Morgan fingerprint density at radius 1 is 1.15 bits per heavy atom. The molecule has 0 aromatic heterocycles. The van der Waals surface area contributed by atoms with Crippen molar-refractivity contribution in [3.05, 3.63) is 67.2 Å². The van der Waals surface area contributed by atoms with Gasteiger partial charge in [-0.1, -0.05) is 56.1 Å². The van der Waals surface area contributed by atoms with E-state index in [9.17, 15) is 0 Å². The van der Waals surface area contributed by atoms with Crippen molar-refractivity contribution >= 4 is 54.5 Å². The maximum Gasteiger partial charge on any atom is 0.0655 e. The van der Waals surface area contributed by atoms with Crippen LogP contribution in [0.3, 0.4) is 0 Å². The summed E-state index contributed by atoms with van der Waals surface area (Å²) >= 11 is 9.72. The zero-order valence-corrected chi connectivity index (χ0v) is 16.4. The summed E-state index contributed by atoms with van der Waals surface area (Å²) in [7, 11) is 1.73. The van der Waals surface area contributed by atoms with Crippen LogP contribution in [0.4, 0.5) is 0 Å². The Hall–Kier alpha value is 0.0900. The topological polar surface area (TPSA) is 9.23 Å². The lowest BCUT2D eigenvalue weighted by molar-refractivity contribution is 0.202. The number of hydrogen-bond acceptors (Lipinski definition) is 1. The zero-order chi connectivity index (χ0) is 14.5. The number of rotatable bonds is 5. The van der Waals surface area contributed by atoms with E-state index in [1.165, 1.54) is 20.3 Å². The van der Waals surface area contributed by atoms with E-state index in [2.05, 4.69) is 96.9 Å². The lowest BCUT2D eigenvalue weighted by Crippen LogP contribution is -1.98. The first-order valence-corrected chi connectivity index (χ1v) is 9.07. The van der Waals surface area contributed by atoms with Crippen molar-refractivity contribution in [1.82, 2.24) is 0 Å². The van der Waals surface area contributed by atoms with Crippen LogP contribution in [0.2, 0.25) is 0 Å². The maximum atomic E-state index is 5.11. The van der Waals surface area contributed by atoms with Crippen LogP contribution in [-0.4, -0.2) is 13.7 Å². The van der Waals surface area contributed by atoms with Gasteiger partial charge in [0.1, 0.15) is 0 Å². The van der Waals surface area contributed by atoms with E-state index in [0.29, 0.717) is 0 Å². The van der Waals surface area contributed by atoms with Gasteiger partial charge in [0, 0.05) is 15.2 Å². The third-order valence-corrected chi connectivity index (χ3v) is 5.60. The zero-order valence-electron chi connectivity index (χ0n) is 11.1. The summed E-state index contributed by atoms with van der Waals surface area (Å²) < 4.78 is 7.47. The van der Waals surface area contributed by atoms with Crippen molar-refractivity contribution in [2.45, 2.75) is 11.2 Å². The van der Waals surface area contributed by atoms with Gasteiger partial charge in [-0.15, -0.1) is 0 Å². The number of benzene rings is 2. The molecular weight excluding hydrogens is 495 g/mol. The monoisotopic (exact) mass is 508 g/mol. The first kappa shape index (κ1) is 16.5. The van der Waals surface area contributed by atoms with E-state index in [4.69, 9.17) is 4.74 Å². The molecule has 0 saturated carbocycles. The van der Waals surface area contributed by atoms with Gasteiger partial charge in [0.15, 0.2) is 0 Å². The maximum absolute atomic E-state index is 5.11. The molecule has 0 fully saturated rings. The molecule has 2 aromatic rings. The third kappa shape index (κ3) is 4.29. The van der Waals surface area contributed by atoms with Crippen molar-refractivity contribution in [3.8, 4) is 0 Å². The fourth-order valence-electron chi connectivity index (χ4n) is 1.96. The standard InChI is InChI=1S/C16H15Br2IO/c1-20-9-8-11-2-4-12(5-3-11)16(18)14-10-13(17)6-7-15(14)19/h2-7,10,16H,8-9H2,1H3. The average molecular weight is 510 g/mol. The van der Waals surface area contributed by atoms with Gasteiger partial charge in [0.25, 0.3) is 0 Å². The Bertz CT molecular complexity index is 569. The van der Waals surface area contributed by atoms with Gasteiger partial charge in [-0.2, -0.15) is 0 Å². The number of ether oxygens (including phenoxy) is 1. The molecule has 20 heavy (non-hydrogen) atoms. The van der Waals surface area contributed by atoms with Crippen LogP contribution in [-0.2, 0) is 11.2 Å². The molecule has 0 amide bonds. The predicted octanol–water partition coefficient (Wildman–Crippen LogP) is 5.73. The molecule has 0 heterocycles. The quantitative estimate of drug-likeness (QED) is 0.369. The molecular formula is C16H15Br2IO. The summed E-state index contributed by atoms with van der Waals surface area (Å²) in [6.07, 6.45) is 0.956. The largest absolute Gasteiger partial charge is 0.384 e. The van der Waals surface area contributed by atoms with Gasteiger partial charge >= 0.3 is 0 Å². The van der Waals surface area contributed by atoms with Crippen LogP contribution in [0.25, 0.3) is 0 Å². The van der Waals surface area contributed by atoms with Crippen LogP contribution in [0.1, 0.15) is 21.5 Å². The van der Waals surface area contributed by atoms with E-state index < -0.39 is 0 Å². The average Bonchev–Trinajstić information content (AvgIpc) is 2.47. The van der Waals surface area contributed by atoms with E-state index in [0.717, 1.165) is 17.5 Å². The summed E-state index contributed by atoms with van der Waals surface area (Å²) in [4.78, 5) is 0.211. The molecule has 4 heteroatoms. The van der Waals surface area contributed by atoms with Gasteiger partial charge in [0.2, 0.25) is 0 Å². The highest BCUT2D eigenvalue weighted by Gasteiger charge is 2.13. The van der Waals surface area contributed by atoms with Gasteiger partial charge in [-0.25, -0.2) is 0 Å². The number of alkyl halides is 1. The molecule has 0 spiro atoms. The lowest BCUT2D eigenvalue weighted by atomic mass is 10.0. The van der Waals surface area contributed by atoms with Gasteiger partial charge < -0.3 is 4.74 Å². The van der Waals surface area contributed by atoms with Crippen molar-refractivity contribution in [3.63, 3.8) is 0 Å². The number of hydrogen-bond donors (Lipinski definition) is 0. The van der Waals surface area contributed by atoms with Crippen molar-refractivity contribution < 1.29 is 4.74 Å². The molecule has 2 rings (SSSR count). The number of methoxy groups -OCH3 is 1. The molecule has 0 saturated heterocycles. The van der Waals surface area contributed by atoms with E-state index in [-0.39, 0.29) is 4.83 Å². The first-order valence-electron chi connectivity index (χ1n) is 6.28. The third-order valence-electron chi connectivity index (χ3n) is 3.10. The van der Waals surface area contributed by atoms with Crippen LogP contribution in [0, 0.1) is 3.57 Å². The summed E-state index contributed by atoms with van der Waals surface area (Å²) in [5, 5.41) is 0. The van der Waals surface area contributed by atoms with Crippen LogP contribution in [0.15, 0.2) is 46.9 Å². The van der Waals surface area contributed by atoms with Crippen molar-refractivity contribution in [2.24, 2.45) is 0 Å². The van der Waals surface area contributed by atoms with E-state index in [1.54, 1.807) is 7.11 Å². The minimum Gasteiger partial charge on any atom is -0.384 e. The molecule has 0 radical (unpaired) electrons. The molecule has 0 aliphatic heterocycles. The smallest absolute Gasteiger partial charge is 0.0655 e. The summed E-state index contributed by atoms with van der Waals surface area (Å²) in [6, 6.07) is 15.1. The Labute approximate surface area is 150 Å². The molecule has 0 aliphatic rings. The molecule has 2 aromatic carbocycles. The summed E-state index contributed by atoms with van der Waals surface area (Å²) in [5.41, 5.74) is 3.85. The molecule has 1 atom stereocenters. The summed E-state index contributed by atoms with van der Waals surface area (Å²) in [5.74, 6) is 0. The second-order valence-corrected chi connectivity index (χ2v) is 7.51. The minimum atomic E-state index is 0.211. The molecule has 1 nitrogen and oxygen atoms in total. The molecule has 106 valence electrons. The number of halogens is 3. The Morgan fingerprint density at radius 2 is 1.85 bits per heavy atom. The SMILES string of the molecule is COCCc1ccc(C(Br)c2cc(Br)ccc2I)cc1. The fraction of sp³-hybridized carbons (Fsp3) is 0.250. The first-order chi connectivity index (χ1) is 9.61. The van der Waals surface area contributed by atoms with Gasteiger partial charge in [-0.05, 0) is 63.9 Å². The second kappa shape index (κ2) is 7.92. The molecule has 0 bridgehead atoms. The second-order valence-electron chi connectivity index (χ2n) is 4.51. The minimum absolute atomic E-state index is 0.211. The normalized spacial score (nSPS) is 12.4. The highest BCUT2D eigenvalue weighted by Crippen LogP contribution is 2.35. The van der Waals surface area contributed by atoms with E-state index in [1.807, 2.05) is 0 Å². The summed E-state index contributed by atoms with van der Waals surface area (Å²) in [6.45, 7) is 0.765.